The largest absolute Gasteiger partial charge is 0.352 e. The van der Waals surface area contributed by atoms with Crippen molar-refractivity contribution < 1.29 is 18.0 Å². The molecule has 1 aliphatic rings. The van der Waals surface area contributed by atoms with Gasteiger partial charge in [0.2, 0.25) is 11.8 Å². The summed E-state index contributed by atoms with van der Waals surface area (Å²) in [4.78, 5) is 30.2. The van der Waals surface area contributed by atoms with E-state index in [0.717, 1.165) is 41.1 Å². The van der Waals surface area contributed by atoms with Crippen molar-refractivity contribution in [2.45, 2.75) is 62.6 Å². The summed E-state index contributed by atoms with van der Waals surface area (Å²) in [5, 5.41) is 4.19. The van der Waals surface area contributed by atoms with Gasteiger partial charge in [0.25, 0.3) is 10.0 Å². The summed E-state index contributed by atoms with van der Waals surface area (Å²) in [5.74, 6) is -0.914. The zero-order chi connectivity index (χ0) is 33.6. The van der Waals surface area contributed by atoms with Crippen molar-refractivity contribution >= 4 is 62.3 Å². The number of carbonyl (C=O) groups is 2. The highest BCUT2D eigenvalue weighted by Gasteiger charge is 2.36. The number of aryl methyl sites for hydroxylation is 1. The van der Waals surface area contributed by atoms with Gasteiger partial charge in [-0.25, -0.2) is 8.42 Å². The molecule has 246 valence electrons. The summed E-state index contributed by atoms with van der Waals surface area (Å²) < 4.78 is 29.5. The predicted molar refractivity (Wildman–Crippen MR) is 189 cm³/mol. The Labute approximate surface area is 291 Å². The number of sulfonamides is 1. The summed E-state index contributed by atoms with van der Waals surface area (Å²) in [6.07, 6.45) is 3.94. The van der Waals surface area contributed by atoms with Gasteiger partial charge in [0.05, 0.1) is 10.6 Å². The van der Waals surface area contributed by atoms with E-state index in [4.69, 9.17) is 34.8 Å². The second-order valence-corrected chi connectivity index (χ2v) is 14.8. The summed E-state index contributed by atoms with van der Waals surface area (Å²) in [5.41, 5.74) is 2.41. The van der Waals surface area contributed by atoms with Gasteiger partial charge in [0.15, 0.2) is 0 Å². The molecule has 0 radical (unpaired) electrons. The lowest BCUT2D eigenvalue weighted by Crippen LogP contribution is -2.54. The molecule has 1 saturated carbocycles. The Balaban J connectivity index is 1.59. The first-order valence-electron chi connectivity index (χ1n) is 15.4. The molecule has 11 heteroatoms. The Morgan fingerprint density at radius 1 is 0.851 bits per heavy atom. The van der Waals surface area contributed by atoms with E-state index < -0.39 is 28.5 Å². The normalized spacial score (nSPS) is 14.0. The molecule has 4 aromatic carbocycles. The van der Waals surface area contributed by atoms with Crippen molar-refractivity contribution in [2.75, 3.05) is 10.8 Å². The maximum atomic E-state index is 14.7. The number of anilines is 1. The average molecular weight is 713 g/mol. The van der Waals surface area contributed by atoms with Crippen LogP contribution in [0.25, 0.3) is 0 Å². The fraction of sp³-hybridized carbons (Fsp3) is 0.278. The number of benzene rings is 4. The van der Waals surface area contributed by atoms with Gasteiger partial charge < -0.3 is 10.2 Å². The predicted octanol–water partition coefficient (Wildman–Crippen LogP) is 7.85. The van der Waals surface area contributed by atoms with Crippen molar-refractivity contribution in [3.63, 3.8) is 0 Å². The Hall–Kier alpha value is -3.56. The minimum absolute atomic E-state index is 0.00398. The molecule has 0 aromatic heterocycles. The van der Waals surface area contributed by atoms with E-state index in [-0.39, 0.29) is 29.8 Å². The molecular formula is C36H36Cl3N3O4S. The molecule has 47 heavy (non-hydrogen) atoms. The quantitative estimate of drug-likeness (QED) is 0.162. The van der Waals surface area contributed by atoms with Gasteiger partial charge >= 0.3 is 0 Å². The number of nitrogens with zero attached hydrogens (tertiary/aromatic N) is 2. The van der Waals surface area contributed by atoms with Crippen LogP contribution >= 0.6 is 34.8 Å². The van der Waals surface area contributed by atoms with Gasteiger partial charge in [-0.1, -0.05) is 96.2 Å². The third-order valence-corrected chi connectivity index (χ3v) is 11.1. The molecule has 2 amide bonds. The summed E-state index contributed by atoms with van der Waals surface area (Å²) in [7, 11) is -4.25. The number of carbonyl (C=O) groups excluding carboxylic acids is 2. The molecule has 0 heterocycles. The minimum Gasteiger partial charge on any atom is -0.352 e. The van der Waals surface area contributed by atoms with E-state index in [1.165, 1.54) is 29.2 Å². The van der Waals surface area contributed by atoms with Crippen molar-refractivity contribution in [2.24, 2.45) is 0 Å². The minimum atomic E-state index is -4.25. The molecule has 4 aromatic rings. The SMILES string of the molecule is Cc1cccc(N(CC(=O)N(Cc2c(Cl)cccc2Cl)[C@@H](Cc2ccccc2)C(=O)NC2CCCC2)S(=O)(=O)c2ccc(Cl)cc2)c1. The lowest BCUT2D eigenvalue weighted by Gasteiger charge is -2.34. The van der Waals surface area contributed by atoms with Crippen LogP contribution in [-0.4, -0.2) is 43.8 Å². The lowest BCUT2D eigenvalue weighted by molar-refractivity contribution is -0.140. The van der Waals surface area contributed by atoms with Crippen LogP contribution < -0.4 is 9.62 Å². The smallest absolute Gasteiger partial charge is 0.264 e. The second-order valence-electron chi connectivity index (χ2n) is 11.7. The number of rotatable bonds is 12. The molecule has 7 nitrogen and oxygen atoms in total. The molecule has 1 aliphatic carbocycles. The van der Waals surface area contributed by atoms with Crippen molar-refractivity contribution in [1.82, 2.24) is 10.2 Å². The van der Waals surface area contributed by atoms with Crippen LogP contribution in [0.15, 0.2) is 102 Å². The van der Waals surface area contributed by atoms with Gasteiger partial charge in [-0.05, 0) is 79.4 Å². The number of amides is 2. The first-order valence-corrected chi connectivity index (χ1v) is 18.0. The van der Waals surface area contributed by atoms with Crippen LogP contribution in [0.1, 0.15) is 42.4 Å². The molecular weight excluding hydrogens is 677 g/mol. The molecule has 1 N–H and O–H groups in total. The van der Waals surface area contributed by atoms with E-state index in [1.54, 1.807) is 36.4 Å². The number of halogens is 3. The summed E-state index contributed by atoms with van der Waals surface area (Å²) in [6.45, 7) is 1.14. The molecule has 1 atom stereocenters. The molecule has 0 aliphatic heterocycles. The summed E-state index contributed by atoms with van der Waals surface area (Å²) in [6, 6.07) is 26.1. The van der Waals surface area contributed by atoms with Crippen molar-refractivity contribution in [3.8, 4) is 0 Å². The fourth-order valence-electron chi connectivity index (χ4n) is 5.82. The molecule has 1 fully saturated rings. The Morgan fingerprint density at radius 3 is 2.13 bits per heavy atom. The first-order chi connectivity index (χ1) is 22.5. The third-order valence-electron chi connectivity index (χ3n) is 8.33. The summed E-state index contributed by atoms with van der Waals surface area (Å²) >= 11 is 19.3. The van der Waals surface area contributed by atoms with Gasteiger partial charge in [-0.2, -0.15) is 0 Å². The first kappa shape index (κ1) is 34.8. The molecule has 5 rings (SSSR count). The van der Waals surface area contributed by atoms with Gasteiger partial charge in [0, 0.05) is 39.6 Å². The average Bonchev–Trinajstić information content (AvgIpc) is 3.56. The van der Waals surface area contributed by atoms with Gasteiger partial charge in [-0.3, -0.25) is 13.9 Å². The van der Waals surface area contributed by atoms with E-state index in [1.807, 2.05) is 43.3 Å². The second kappa shape index (κ2) is 15.6. The van der Waals surface area contributed by atoms with Crippen LogP contribution in [0.5, 0.6) is 0 Å². The molecule has 0 bridgehead atoms. The van der Waals surface area contributed by atoms with E-state index >= 15 is 0 Å². The topological polar surface area (TPSA) is 86.8 Å². The van der Waals surface area contributed by atoms with E-state index in [2.05, 4.69) is 5.32 Å². The monoisotopic (exact) mass is 711 g/mol. The van der Waals surface area contributed by atoms with Crippen molar-refractivity contribution in [3.05, 3.63) is 129 Å². The highest BCUT2D eigenvalue weighted by molar-refractivity contribution is 7.92. The lowest BCUT2D eigenvalue weighted by atomic mass is 10.0. The molecule has 0 spiro atoms. The Kier molecular flexibility index (Phi) is 11.5. The Bertz CT molecular complexity index is 1790. The van der Waals surface area contributed by atoms with Crippen LogP contribution in [0.3, 0.4) is 0 Å². The zero-order valence-corrected chi connectivity index (χ0v) is 29.0. The van der Waals surface area contributed by atoms with Crippen LogP contribution in [0.4, 0.5) is 5.69 Å². The Morgan fingerprint density at radius 2 is 1.49 bits per heavy atom. The highest BCUT2D eigenvalue weighted by Crippen LogP contribution is 2.30. The van der Waals surface area contributed by atoms with Gasteiger partial charge in [0.1, 0.15) is 12.6 Å². The molecule has 0 unspecified atom stereocenters. The standard InChI is InChI=1S/C36H36Cl3N3O4S/c1-25-9-7-14-29(21-25)42(47(45,46)30-19-17-27(37)18-20-30)24-35(43)41(23-31-32(38)15-8-16-33(31)39)34(22-26-10-3-2-4-11-26)36(44)40-28-12-5-6-13-28/h2-4,7-11,14-21,28,34H,5-6,12-13,22-24H2,1H3,(H,40,44)/t34-/m0/s1. The number of hydrogen-bond donors (Lipinski definition) is 1. The maximum Gasteiger partial charge on any atom is 0.264 e. The molecule has 0 saturated heterocycles. The van der Waals surface area contributed by atoms with E-state index in [9.17, 15) is 18.0 Å². The van der Waals surface area contributed by atoms with Crippen molar-refractivity contribution in [1.29, 1.82) is 0 Å². The van der Waals surface area contributed by atoms with Gasteiger partial charge in [-0.15, -0.1) is 0 Å². The fourth-order valence-corrected chi connectivity index (χ4v) is 7.87. The highest BCUT2D eigenvalue weighted by atomic mass is 35.5. The van der Waals surface area contributed by atoms with E-state index in [0.29, 0.717) is 26.3 Å². The third kappa shape index (κ3) is 8.68. The van der Waals surface area contributed by atoms with Crippen LogP contribution in [0.2, 0.25) is 15.1 Å². The van der Waals surface area contributed by atoms with Crippen LogP contribution in [0, 0.1) is 6.92 Å². The van der Waals surface area contributed by atoms with Crippen LogP contribution in [-0.2, 0) is 32.6 Å². The number of hydrogen-bond acceptors (Lipinski definition) is 4. The zero-order valence-electron chi connectivity index (χ0n) is 25.9. The maximum absolute atomic E-state index is 14.7. The number of nitrogens with one attached hydrogen (secondary N) is 1.